The molecule has 1 aromatic carbocycles. The molecule has 1 aliphatic carbocycles. The topological polar surface area (TPSA) is 71.5 Å². The monoisotopic (exact) mass is 394 g/mol. The van der Waals surface area contributed by atoms with Crippen molar-refractivity contribution < 1.29 is 19.0 Å². The van der Waals surface area contributed by atoms with E-state index in [1.165, 1.54) is 18.6 Å². The highest BCUT2D eigenvalue weighted by Gasteiger charge is 2.36. The number of pyridine rings is 1. The average Bonchev–Trinajstić information content (AvgIpc) is 3.15. The minimum Gasteiger partial charge on any atom is -0.439 e. The first kappa shape index (κ1) is 19.4. The minimum atomic E-state index is -0.656. The molecule has 5 nitrogen and oxygen atoms in total. The Hall–Kier alpha value is -2.91. The number of cyclic esters (lactones) is 1. The van der Waals surface area contributed by atoms with E-state index in [-0.39, 0.29) is 5.92 Å². The van der Waals surface area contributed by atoms with Gasteiger partial charge in [-0.05, 0) is 48.1 Å². The van der Waals surface area contributed by atoms with Crippen LogP contribution in [-0.4, -0.2) is 22.3 Å². The molecule has 2 N–H and O–H groups in total. The van der Waals surface area contributed by atoms with E-state index >= 15 is 0 Å². The molecule has 0 radical (unpaired) electrons. The fourth-order valence-electron chi connectivity index (χ4n) is 4.04. The van der Waals surface area contributed by atoms with Gasteiger partial charge in [0.15, 0.2) is 6.10 Å². The van der Waals surface area contributed by atoms with Gasteiger partial charge in [0.05, 0.1) is 0 Å². The maximum Gasteiger partial charge on any atom is 0.408 e. The number of aromatic nitrogens is 1. The van der Waals surface area contributed by atoms with Gasteiger partial charge in [-0.3, -0.25) is 4.98 Å². The molecule has 3 atom stereocenters. The SMILES string of the molecule is O=C1N[C@H](c2cncc(C#CC(O)C3CCCCC3)c2)[C@@H](c2cccc(F)c2)O1. The number of hydrogen-bond acceptors (Lipinski definition) is 4. The van der Waals surface area contributed by atoms with E-state index in [0.29, 0.717) is 16.7 Å². The van der Waals surface area contributed by atoms with Gasteiger partial charge in [-0.25, -0.2) is 9.18 Å². The van der Waals surface area contributed by atoms with Crippen LogP contribution >= 0.6 is 0 Å². The number of hydrogen-bond donors (Lipinski definition) is 2. The van der Waals surface area contributed by atoms with E-state index in [1.807, 2.05) is 6.07 Å². The molecule has 2 aromatic rings. The summed E-state index contributed by atoms with van der Waals surface area (Å²) in [7, 11) is 0. The quantitative estimate of drug-likeness (QED) is 0.771. The average molecular weight is 394 g/mol. The summed E-state index contributed by atoms with van der Waals surface area (Å²) < 4.78 is 19.0. The number of nitrogens with zero attached hydrogens (tertiary/aromatic N) is 1. The smallest absolute Gasteiger partial charge is 0.408 e. The Kier molecular flexibility index (Phi) is 5.77. The standard InChI is InChI=1S/C23H23FN2O3/c24-19-8-4-7-17(12-19)22-21(26-23(28)29-22)18-11-15(13-25-14-18)9-10-20(27)16-5-2-1-3-6-16/h4,7-8,11-14,16,20-22,27H,1-3,5-6H2,(H,26,28)/t20?,21-,22-/m1/s1. The van der Waals surface area contributed by atoms with Crippen LogP contribution in [0, 0.1) is 23.6 Å². The Bertz CT molecular complexity index is 946. The van der Waals surface area contributed by atoms with Crippen LogP contribution in [0.15, 0.2) is 42.7 Å². The first-order valence-corrected chi connectivity index (χ1v) is 9.97. The van der Waals surface area contributed by atoms with Crippen LogP contribution in [-0.2, 0) is 4.74 Å². The van der Waals surface area contributed by atoms with E-state index in [9.17, 15) is 14.3 Å². The van der Waals surface area contributed by atoms with Gasteiger partial charge in [0.25, 0.3) is 0 Å². The summed E-state index contributed by atoms with van der Waals surface area (Å²) >= 11 is 0. The van der Waals surface area contributed by atoms with Crippen molar-refractivity contribution in [2.24, 2.45) is 5.92 Å². The molecular formula is C23H23FN2O3. The Morgan fingerprint density at radius 2 is 2.00 bits per heavy atom. The van der Waals surface area contributed by atoms with Crippen molar-refractivity contribution in [1.29, 1.82) is 0 Å². The summed E-state index contributed by atoms with van der Waals surface area (Å²) in [5, 5.41) is 13.1. The highest BCUT2D eigenvalue weighted by molar-refractivity contribution is 5.71. The molecule has 1 amide bonds. The van der Waals surface area contributed by atoms with Gasteiger partial charge in [0.1, 0.15) is 18.0 Å². The Labute approximate surface area is 169 Å². The zero-order valence-electron chi connectivity index (χ0n) is 16.0. The van der Waals surface area contributed by atoms with E-state index in [4.69, 9.17) is 4.74 Å². The summed E-state index contributed by atoms with van der Waals surface area (Å²) in [6, 6.07) is 7.33. The van der Waals surface area contributed by atoms with Crippen LogP contribution in [0.4, 0.5) is 9.18 Å². The molecule has 2 heterocycles. The molecule has 0 spiro atoms. The fourth-order valence-corrected chi connectivity index (χ4v) is 4.04. The zero-order chi connectivity index (χ0) is 20.2. The predicted octanol–water partition coefficient (Wildman–Crippen LogP) is 4.04. The molecule has 6 heteroatoms. The summed E-state index contributed by atoms with van der Waals surface area (Å²) in [6.07, 6.45) is 6.92. The van der Waals surface area contributed by atoms with Crippen LogP contribution in [0.5, 0.6) is 0 Å². The van der Waals surface area contributed by atoms with Crippen LogP contribution in [0.2, 0.25) is 0 Å². The number of amides is 1. The Balaban J connectivity index is 1.54. The molecule has 0 bridgehead atoms. The molecule has 1 aliphatic heterocycles. The molecule has 2 aliphatic rings. The molecule has 2 fully saturated rings. The van der Waals surface area contributed by atoms with Crippen molar-refractivity contribution in [2.45, 2.75) is 50.4 Å². The number of ether oxygens (including phenoxy) is 1. The normalized spacial score (nSPS) is 22.9. The second-order valence-electron chi connectivity index (χ2n) is 7.62. The van der Waals surface area contributed by atoms with Crippen molar-refractivity contribution >= 4 is 6.09 Å². The first-order chi connectivity index (χ1) is 14.1. The van der Waals surface area contributed by atoms with Gasteiger partial charge in [-0.15, -0.1) is 0 Å². The number of nitrogens with one attached hydrogen (secondary N) is 1. The highest BCUT2D eigenvalue weighted by Crippen LogP contribution is 2.36. The number of carbonyl (C=O) groups excluding carboxylic acids is 1. The third kappa shape index (κ3) is 4.57. The molecule has 1 aromatic heterocycles. The molecule has 1 saturated carbocycles. The van der Waals surface area contributed by atoms with Crippen molar-refractivity contribution in [3.8, 4) is 11.8 Å². The zero-order valence-corrected chi connectivity index (χ0v) is 16.0. The maximum absolute atomic E-state index is 13.6. The Morgan fingerprint density at radius 3 is 2.79 bits per heavy atom. The Morgan fingerprint density at radius 1 is 1.17 bits per heavy atom. The third-order valence-corrected chi connectivity index (χ3v) is 5.57. The van der Waals surface area contributed by atoms with Crippen LogP contribution in [0.25, 0.3) is 0 Å². The number of aliphatic hydroxyl groups excluding tert-OH is 1. The molecular weight excluding hydrogens is 371 g/mol. The number of rotatable bonds is 3. The summed E-state index contributed by atoms with van der Waals surface area (Å²) in [5.74, 6) is 5.79. The molecule has 150 valence electrons. The van der Waals surface area contributed by atoms with Crippen molar-refractivity contribution in [2.75, 3.05) is 0 Å². The van der Waals surface area contributed by atoms with Crippen LogP contribution in [0.1, 0.15) is 60.9 Å². The fraction of sp³-hybridized carbons (Fsp3) is 0.391. The van der Waals surface area contributed by atoms with Gasteiger partial charge >= 0.3 is 6.09 Å². The van der Waals surface area contributed by atoms with Gasteiger partial charge in [-0.1, -0.05) is 43.2 Å². The number of aliphatic hydroxyl groups is 1. The van der Waals surface area contributed by atoms with Gasteiger partial charge in [-0.2, -0.15) is 0 Å². The molecule has 1 saturated heterocycles. The number of alkyl carbamates (subject to hydrolysis) is 1. The molecule has 4 rings (SSSR count). The lowest BCUT2D eigenvalue weighted by Gasteiger charge is -2.23. The predicted molar refractivity (Wildman–Crippen MR) is 105 cm³/mol. The number of halogens is 1. The van der Waals surface area contributed by atoms with E-state index < -0.39 is 30.2 Å². The van der Waals surface area contributed by atoms with E-state index in [0.717, 1.165) is 25.7 Å². The highest BCUT2D eigenvalue weighted by atomic mass is 19.1. The van der Waals surface area contributed by atoms with Crippen molar-refractivity contribution in [1.82, 2.24) is 10.3 Å². The second kappa shape index (κ2) is 8.62. The summed E-state index contributed by atoms with van der Waals surface area (Å²) in [5.41, 5.74) is 1.93. The molecule has 1 unspecified atom stereocenters. The maximum atomic E-state index is 13.6. The number of carbonyl (C=O) groups is 1. The van der Waals surface area contributed by atoms with Crippen molar-refractivity contribution in [3.63, 3.8) is 0 Å². The minimum absolute atomic E-state index is 0.229. The van der Waals surface area contributed by atoms with Gasteiger partial charge < -0.3 is 15.2 Å². The van der Waals surface area contributed by atoms with Crippen LogP contribution < -0.4 is 5.32 Å². The lowest BCUT2D eigenvalue weighted by molar-refractivity contribution is 0.132. The second-order valence-corrected chi connectivity index (χ2v) is 7.62. The van der Waals surface area contributed by atoms with E-state index in [2.05, 4.69) is 22.1 Å². The summed E-state index contributed by atoms with van der Waals surface area (Å²) in [6.45, 7) is 0. The third-order valence-electron chi connectivity index (χ3n) is 5.57. The van der Waals surface area contributed by atoms with Gasteiger partial charge in [0.2, 0.25) is 0 Å². The van der Waals surface area contributed by atoms with Crippen molar-refractivity contribution in [3.05, 3.63) is 65.2 Å². The lowest BCUT2D eigenvalue weighted by Crippen LogP contribution is -2.21. The molecule has 29 heavy (non-hydrogen) atoms. The largest absolute Gasteiger partial charge is 0.439 e. The van der Waals surface area contributed by atoms with Gasteiger partial charge in [0, 0.05) is 18.0 Å². The number of benzene rings is 1. The first-order valence-electron chi connectivity index (χ1n) is 9.97. The summed E-state index contributed by atoms with van der Waals surface area (Å²) in [4.78, 5) is 16.1. The van der Waals surface area contributed by atoms with E-state index in [1.54, 1.807) is 24.5 Å². The van der Waals surface area contributed by atoms with Crippen LogP contribution in [0.3, 0.4) is 0 Å². The lowest BCUT2D eigenvalue weighted by atomic mass is 9.85.